The Bertz CT molecular complexity index is 569. The fourth-order valence-corrected chi connectivity index (χ4v) is 2.11. The lowest BCUT2D eigenvalue weighted by Crippen LogP contribution is -2.17. The van der Waals surface area contributed by atoms with Crippen LogP contribution in [0.2, 0.25) is 5.02 Å². The lowest BCUT2D eigenvalue weighted by atomic mass is 10.1. The number of rotatable bonds is 5. The average Bonchev–Trinajstić information content (AvgIpc) is 2.45. The minimum atomic E-state index is 0.158. The summed E-state index contributed by atoms with van der Waals surface area (Å²) in [7, 11) is 1.54. The molecule has 4 heteroatoms. The topological polar surface area (TPSA) is 41.5 Å². The number of hydrogen-bond acceptors (Lipinski definition) is 3. The lowest BCUT2D eigenvalue weighted by Gasteiger charge is -2.15. The van der Waals surface area contributed by atoms with E-state index in [-0.39, 0.29) is 11.8 Å². The van der Waals surface area contributed by atoms with Gasteiger partial charge in [-0.05, 0) is 42.3 Å². The van der Waals surface area contributed by atoms with Crippen LogP contribution in [-0.4, -0.2) is 12.2 Å². The van der Waals surface area contributed by atoms with E-state index in [9.17, 15) is 5.11 Å². The predicted molar refractivity (Wildman–Crippen MR) is 81.4 cm³/mol. The molecule has 0 radical (unpaired) electrons. The Balaban J connectivity index is 1.97. The smallest absolute Gasteiger partial charge is 0.160 e. The van der Waals surface area contributed by atoms with Gasteiger partial charge in [0.05, 0.1) is 7.11 Å². The van der Waals surface area contributed by atoms with E-state index in [0.717, 1.165) is 10.6 Å². The monoisotopic (exact) mass is 291 g/mol. The van der Waals surface area contributed by atoms with Crippen LogP contribution < -0.4 is 10.1 Å². The third-order valence-electron chi connectivity index (χ3n) is 3.23. The van der Waals surface area contributed by atoms with E-state index in [1.54, 1.807) is 12.1 Å². The predicted octanol–water partition coefficient (Wildman–Crippen LogP) is 3.91. The number of nitrogens with one attached hydrogen (secondary N) is 1. The van der Waals surface area contributed by atoms with E-state index >= 15 is 0 Å². The van der Waals surface area contributed by atoms with Gasteiger partial charge in [-0.2, -0.15) is 0 Å². The van der Waals surface area contributed by atoms with Gasteiger partial charge in [-0.1, -0.05) is 29.8 Å². The van der Waals surface area contributed by atoms with Crippen molar-refractivity contribution in [2.24, 2.45) is 0 Å². The molecule has 0 saturated carbocycles. The molecule has 2 rings (SSSR count). The van der Waals surface area contributed by atoms with E-state index in [1.165, 1.54) is 12.7 Å². The molecule has 0 bridgehead atoms. The number of ether oxygens (including phenoxy) is 1. The highest BCUT2D eigenvalue weighted by Crippen LogP contribution is 2.26. The van der Waals surface area contributed by atoms with Gasteiger partial charge in [-0.3, -0.25) is 0 Å². The van der Waals surface area contributed by atoms with Gasteiger partial charge >= 0.3 is 0 Å². The summed E-state index contributed by atoms with van der Waals surface area (Å²) in [5.74, 6) is 0.644. The van der Waals surface area contributed by atoms with E-state index in [4.69, 9.17) is 16.3 Å². The van der Waals surface area contributed by atoms with E-state index < -0.39 is 0 Å². The molecule has 0 amide bonds. The Hall–Kier alpha value is -1.71. The highest BCUT2D eigenvalue weighted by atomic mass is 35.5. The number of methoxy groups -OCH3 is 1. The molecule has 0 aliphatic rings. The van der Waals surface area contributed by atoms with Gasteiger partial charge in [0.25, 0.3) is 0 Å². The van der Waals surface area contributed by atoms with E-state index in [0.29, 0.717) is 12.3 Å². The van der Waals surface area contributed by atoms with Crippen LogP contribution >= 0.6 is 11.6 Å². The number of hydrogen-bond donors (Lipinski definition) is 2. The maximum atomic E-state index is 9.74. The summed E-state index contributed by atoms with van der Waals surface area (Å²) in [6, 6.07) is 13.4. The first-order chi connectivity index (χ1) is 9.60. The summed E-state index contributed by atoms with van der Waals surface area (Å²) in [5, 5.41) is 13.9. The molecule has 2 N–H and O–H groups in total. The first-order valence-electron chi connectivity index (χ1n) is 6.45. The van der Waals surface area contributed by atoms with Crippen molar-refractivity contribution < 1.29 is 9.84 Å². The standard InChI is InChI=1S/C16H18ClNO2/c1-11(13-4-6-14(17)7-5-13)18-10-12-3-8-16(20-2)15(19)9-12/h3-9,11,18-19H,10H2,1-2H3/t11-/m1/s1. The van der Waals surface area contributed by atoms with Crippen molar-refractivity contribution in [2.45, 2.75) is 19.5 Å². The summed E-state index contributed by atoms with van der Waals surface area (Å²) in [6.45, 7) is 2.76. The van der Waals surface area contributed by atoms with E-state index in [2.05, 4.69) is 12.2 Å². The number of phenolic OH excluding ortho intramolecular Hbond substituents is 1. The van der Waals surface area contributed by atoms with Gasteiger partial charge in [0.15, 0.2) is 11.5 Å². The van der Waals surface area contributed by atoms with Crippen molar-refractivity contribution in [1.29, 1.82) is 0 Å². The minimum absolute atomic E-state index is 0.158. The number of benzene rings is 2. The molecule has 3 nitrogen and oxygen atoms in total. The quantitative estimate of drug-likeness (QED) is 0.878. The summed E-state index contributed by atoms with van der Waals surface area (Å²) in [5.41, 5.74) is 2.18. The average molecular weight is 292 g/mol. The van der Waals surface area contributed by atoms with Crippen LogP contribution in [0.3, 0.4) is 0 Å². The fourth-order valence-electron chi connectivity index (χ4n) is 1.99. The number of halogens is 1. The Morgan fingerprint density at radius 2 is 1.90 bits per heavy atom. The van der Waals surface area contributed by atoms with Crippen molar-refractivity contribution in [2.75, 3.05) is 7.11 Å². The molecule has 0 saturated heterocycles. The second-order valence-electron chi connectivity index (χ2n) is 4.66. The largest absolute Gasteiger partial charge is 0.504 e. The van der Waals surface area contributed by atoms with Crippen LogP contribution in [0.25, 0.3) is 0 Å². The Kier molecular flexibility index (Phi) is 4.88. The molecule has 0 heterocycles. The summed E-state index contributed by atoms with van der Waals surface area (Å²) in [6.07, 6.45) is 0. The molecule has 2 aromatic rings. The second-order valence-corrected chi connectivity index (χ2v) is 5.10. The van der Waals surface area contributed by atoms with Crippen molar-refractivity contribution in [3.05, 3.63) is 58.6 Å². The highest BCUT2D eigenvalue weighted by molar-refractivity contribution is 6.30. The molecule has 0 spiro atoms. The molecule has 2 aromatic carbocycles. The molecular weight excluding hydrogens is 274 g/mol. The van der Waals surface area contributed by atoms with Crippen LogP contribution in [0.4, 0.5) is 0 Å². The van der Waals surface area contributed by atoms with Gasteiger partial charge in [0.1, 0.15) is 0 Å². The Labute approximate surface area is 124 Å². The van der Waals surface area contributed by atoms with Gasteiger partial charge in [0.2, 0.25) is 0 Å². The molecule has 0 aliphatic heterocycles. The number of phenols is 1. The van der Waals surface area contributed by atoms with Crippen LogP contribution in [0.5, 0.6) is 11.5 Å². The lowest BCUT2D eigenvalue weighted by molar-refractivity contribution is 0.373. The summed E-state index contributed by atoms with van der Waals surface area (Å²) < 4.78 is 5.02. The summed E-state index contributed by atoms with van der Waals surface area (Å²) >= 11 is 5.88. The van der Waals surface area contributed by atoms with E-state index in [1.807, 2.05) is 30.3 Å². The third kappa shape index (κ3) is 3.65. The van der Waals surface area contributed by atoms with Crippen LogP contribution in [0, 0.1) is 0 Å². The zero-order valence-electron chi connectivity index (χ0n) is 11.6. The fraction of sp³-hybridized carbons (Fsp3) is 0.250. The van der Waals surface area contributed by atoms with Crippen molar-refractivity contribution in [3.63, 3.8) is 0 Å². The molecule has 0 unspecified atom stereocenters. The molecular formula is C16H18ClNO2. The van der Waals surface area contributed by atoms with Crippen molar-refractivity contribution in [3.8, 4) is 11.5 Å². The number of aromatic hydroxyl groups is 1. The van der Waals surface area contributed by atoms with Gasteiger partial charge in [-0.25, -0.2) is 0 Å². The molecule has 0 fully saturated rings. The van der Waals surface area contributed by atoms with Crippen LogP contribution in [0.1, 0.15) is 24.1 Å². The van der Waals surface area contributed by atoms with Crippen LogP contribution in [-0.2, 0) is 6.54 Å². The Morgan fingerprint density at radius 3 is 2.50 bits per heavy atom. The summed E-state index contributed by atoms with van der Waals surface area (Å²) in [4.78, 5) is 0. The first-order valence-corrected chi connectivity index (χ1v) is 6.82. The molecule has 0 aromatic heterocycles. The molecule has 106 valence electrons. The molecule has 20 heavy (non-hydrogen) atoms. The normalized spacial score (nSPS) is 12.2. The third-order valence-corrected chi connectivity index (χ3v) is 3.48. The van der Waals surface area contributed by atoms with Crippen molar-refractivity contribution in [1.82, 2.24) is 5.32 Å². The maximum Gasteiger partial charge on any atom is 0.160 e. The first kappa shape index (κ1) is 14.7. The Morgan fingerprint density at radius 1 is 1.20 bits per heavy atom. The van der Waals surface area contributed by atoms with Crippen molar-refractivity contribution >= 4 is 11.6 Å². The molecule has 0 aliphatic carbocycles. The zero-order chi connectivity index (χ0) is 14.5. The maximum absolute atomic E-state index is 9.74. The van der Waals surface area contributed by atoms with Gasteiger partial charge in [0, 0.05) is 17.6 Å². The highest BCUT2D eigenvalue weighted by Gasteiger charge is 2.06. The second kappa shape index (κ2) is 6.64. The zero-order valence-corrected chi connectivity index (χ0v) is 12.3. The van der Waals surface area contributed by atoms with Gasteiger partial charge < -0.3 is 15.2 Å². The molecule has 1 atom stereocenters. The van der Waals surface area contributed by atoms with Crippen LogP contribution in [0.15, 0.2) is 42.5 Å². The minimum Gasteiger partial charge on any atom is -0.504 e. The van der Waals surface area contributed by atoms with Gasteiger partial charge in [-0.15, -0.1) is 0 Å². The SMILES string of the molecule is COc1ccc(CN[C@H](C)c2ccc(Cl)cc2)cc1O.